The van der Waals surface area contributed by atoms with E-state index in [2.05, 4.69) is 22.5 Å². The van der Waals surface area contributed by atoms with Crippen molar-refractivity contribution in [3.8, 4) is 0 Å². The van der Waals surface area contributed by atoms with Crippen LogP contribution in [-0.2, 0) is 14.3 Å². The molecule has 0 aromatic heterocycles. The van der Waals surface area contributed by atoms with E-state index in [9.17, 15) is 4.79 Å². The maximum absolute atomic E-state index is 11.0. The Morgan fingerprint density at radius 2 is 2.64 bits per heavy atom. The molecule has 0 radical (unpaired) electrons. The Morgan fingerprint density at radius 3 is 3.09 bits per heavy atom. The number of rotatable bonds is 4. The molecule has 2 atom stereocenters. The van der Waals surface area contributed by atoms with Crippen molar-refractivity contribution in [3.63, 3.8) is 0 Å². The SMILES string of the molecule is C=CCOC(=O)C(Br)C1CO1. The summed E-state index contributed by atoms with van der Waals surface area (Å²) in [6, 6.07) is 0. The number of esters is 1. The van der Waals surface area contributed by atoms with Crippen molar-refractivity contribution in [2.45, 2.75) is 10.9 Å². The Balaban J connectivity index is 2.21. The van der Waals surface area contributed by atoms with Gasteiger partial charge in [-0.05, 0) is 0 Å². The van der Waals surface area contributed by atoms with Crippen molar-refractivity contribution in [1.82, 2.24) is 0 Å². The van der Waals surface area contributed by atoms with Crippen LogP contribution in [0.5, 0.6) is 0 Å². The molecule has 0 amide bonds. The summed E-state index contributed by atoms with van der Waals surface area (Å²) < 4.78 is 9.67. The number of hydrogen-bond donors (Lipinski definition) is 0. The fourth-order valence-corrected chi connectivity index (χ4v) is 1.03. The lowest BCUT2D eigenvalue weighted by Gasteiger charge is -2.04. The smallest absolute Gasteiger partial charge is 0.322 e. The van der Waals surface area contributed by atoms with Gasteiger partial charge in [-0.3, -0.25) is 4.79 Å². The lowest BCUT2D eigenvalue weighted by molar-refractivity contribution is -0.141. The van der Waals surface area contributed by atoms with Crippen molar-refractivity contribution in [1.29, 1.82) is 0 Å². The van der Waals surface area contributed by atoms with Crippen LogP contribution in [0.1, 0.15) is 0 Å². The highest BCUT2D eigenvalue weighted by atomic mass is 79.9. The normalized spacial score (nSPS) is 23.9. The summed E-state index contributed by atoms with van der Waals surface area (Å²) in [4.78, 5) is 10.7. The molecular weight excluding hydrogens is 212 g/mol. The average Bonchev–Trinajstić information content (AvgIpc) is 2.81. The molecule has 0 N–H and O–H groups in total. The summed E-state index contributed by atoms with van der Waals surface area (Å²) in [5.74, 6) is -0.285. The third kappa shape index (κ3) is 2.63. The maximum Gasteiger partial charge on any atom is 0.322 e. The van der Waals surface area contributed by atoms with Gasteiger partial charge in [0.1, 0.15) is 17.5 Å². The average molecular weight is 221 g/mol. The highest BCUT2D eigenvalue weighted by Crippen LogP contribution is 2.21. The van der Waals surface area contributed by atoms with Gasteiger partial charge in [-0.25, -0.2) is 0 Å². The van der Waals surface area contributed by atoms with Gasteiger partial charge in [0, 0.05) is 0 Å². The van der Waals surface area contributed by atoms with E-state index in [-0.39, 0.29) is 23.5 Å². The van der Waals surface area contributed by atoms with Crippen LogP contribution in [0.2, 0.25) is 0 Å². The molecule has 1 rings (SSSR count). The zero-order valence-corrected chi connectivity index (χ0v) is 7.54. The predicted octanol–water partition coefficient (Wildman–Crippen LogP) is 0.878. The Hall–Kier alpha value is -0.350. The minimum atomic E-state index is -0.317. The minimum absolute atomic E-state index is 0.00677. The topological polar surface area (TPSA) is 38.8 Å². The largest absolute Gasteiger partial charge is 0.461 e. The van der Waals surface area contributed by atoms with E-state index in [1.165, 1.54) is 6.08 Å². The Bertz CT molecular complexity index is 165. The third-order valence-electron chi connectivity index (χ3n) is 1.25. The van der Waals surface area contributed by atoms with E-state index in [1.54, 1.807) is 0 Å². The van der Waals surface area contributed by atoms with Gasteiger partial charge in [-0.1, -0.05) is 28.6 Å². The fraction of sp³-hybridized carbons (Fsp3) is 0.571. The van der Waals surface area contributed by atoms with Gasteiger partial charge in [0.2, 0.25) is 0 Å². The van der Waals surface area contributed by atoms with Crippen LogP contribution >= 0.6 is 15.9 Å². The summed E-state index contributed by atoms with van der Waals surface area (Å²) in [5, 5.41) is 0. The Labute approximate surface area is 73.5 Å². The second kappa shape index (κ2) is 3.88. The molecule has 3 nitrogen and oxygen atoms in total. The number of epoxide rings is 1. The fourth-order valence-electron chi connectivity index (χ4n) is 0.597. The van der Waals surface area contributed by atoms with Gasteiger partial charge < -0.3 is 9.47 Å². The van der Waals surface area contributed by atoms with Crippen LogP contribution in [0.15, 0.2) is 12.7 Å². The summed E-state index contributed by atoms with van der Waals surface area (Å²) in [6.07, 6.45) is 1.54. The highest BCUT2D eigenvalue weighted by molar-refractivity contribution is 9.10. The summed E-state index contributed by atoms with van der Waals surface area (Å²) in [6.45, 7) is 4.32. The highest BCUT2D eigenvalue weighted by Gasteiger charge is 2.36. The molecule has 0 saturated carbocycles. The number of hydrogen-bond acceptors (Lipinski definition) is 3. The maximum atomic E-state index is 11.0. The summed E-state index contributed by atoms with van der Waals surface area (Å²) in [7, 11) is 0. The molecule has 0 aliphatic carbocycles. The zero-order chi connectivity index (χ0) is 8.27. The first-order chi connectivity index (χ1) is 5.25. The Kier molecular flexibility index (Phi) is 3.08. The predicted molar refractivity (Wildman–Crippen MR) is 43.6 cm³/mol. The summed E-state index contributed by atoms with van der Waals surface area (Å²) in [5.41, 5.74) is 0. The molecule has 62 valence electrons. The lowest BCUT2D eigenvalue weighted by Crippen LogP contribution is -2.22. The first-order valence-electron chi connectivity index (χ1n) is 3.29. The van der Waals surface area contributed by atoms with Crippen molar-refractivity contribution in [2.75, 3.05) is 13.2 Å². The molecular formula is C7H9BrO3. The van der Waals surface area contributed by atoms with E-state index in [0.29, 0.717) is 6.61 Å². The van der Waals surface area contributed by atoms with Crippen LogP contribution in [0.3, 0.4) is 0 Å². The van der Waals surface area contributed by atoms with Crippen molar-refractivity contribution in [2.24, 2.45) is 0 Å². The molecule has 1 aliphatic heterocycles. The number of alkyl halides is 1. The van der Waals surface area contributed by atoms with Gasteiger partial charge in [0.05, 0.1) is 6.61 Å². The molecule has 0 spiro atoms. The molecule has 4 heteroatoms. The van der Waals surface area contributed by atoms with Gasteiger partial charge in [-0.2, -0.15) is 0 Å². The quantitative estimate of drug-likeness (QED) is 0.306. The first-order valence-corrected chi connectivity index (χ1v) is 4.20. The molecule has 1 heterocycles. The van der Waals surface area contributed by atoms with Crippen LogP contribution in [0.25, 0.3) is 0 Å². The standard InChI is InChI=1S/C7H9BrO3/c1-2-3-10-7(9)6(8)5-4-11-5/h2,5-6H,1,3-4H2. The van der Waals surface area contributed by atoms with E-state index >= 15 is 0 Å². The Morgan fingerprint density at radius 1 is 2.00 bits per heavy atom. The van der Waals surface area contributed by atoms with E-state index in [0.717, 1.165) is 0 Å². The molecule has 1 aliphatic rings. The van der Waals surface area contributed by atoms with Crippen molar-refractivity contribution >= 4 is 21.9 Å². The van der Waals surface area contributed by atoms with Crippen LogP contribution < -0.4 is 0 Å². The van der Waals surface area contributed by atoms with Crippen LogP contribution in [0.4, 0.5) is 0 Å². The molecule has 0 aromatic carbocycles. The van der Waals surface area contributed by atoms with E-state index in [4.69, 9.17) is 9.47 Å². The second-order valence-corrected chi connectivity index (χ2v) is 3.18. The second-order valence-electron chi connectivity index (χ2n) is 2.19. The number of carbonyl (C=O) groups is 1. The van der Waals surface area contributed by atoms with Crippen molar-refractivity contribution in [3.05, 3.63) is 12.7 Å². The van der Waals surface area contributed by atoms with Gasteiger partial charge in [0.15, 0.2) is 0 Å². The third-order valence-corrected chi connectivity index (χ3v) is 2.22. The molecule has 0 aromatic rings. The molecule has 1 fully saturated rings. The monoisotopic (exact) mass is 220 g/mol. The van der Waals surface area contributed by atoms with Gasteiger partial charge in [0.25, 0.3) is 0 Å². The molecule has 1 saturated heterocycles. The summed E-state index contributed by atoms with van der Waals surface area (Å²) >= 11 is 3.17. The first kappa shape index (κ1) is 8.74. The van der Waals surface area contributed by atoms with E-state index in [1.807, 2.05) is 0 Å². The molecule has 11 heavy (non-hydrogen) atoms. The lowest BCUT2D eigenvalue weighted by atomic mass is 10.3. The molecule has 2 unspecified atom stereocenters. The molecule has 0 bridgehead atoms. The number of halogens is 1. The van der Waals surface area contributed by atoms with Gasteiger partial charge >= 0.3 is 5.97 Å². The van der Waals surface area contributed by atoms with Crippen molar-refractivity contribution < 1.29 is 14.3 Å². The minimum Gasteiger partial charge on any atom is -0.461 e. The zero-order valence-electron chi connectivity index (χ0n) is 5.96. The van der Waals surface area contributed by atoms with Gasteiger partial charge in [-0.15, -0.1) is 0 Å². The van der Waals surface area contributed by atoms with E-state index < -0.39 is 0 Å². The number of carbonyl (C=O) groups excluding carboxylic acids is 1. The van der Waals surface area contributed by atoms with Crippen LogP contribution in [0, 0.1) is 0 Å². The van der Waals surface area contributed by atoms with Crippen LogP contribution in [-0.4, -0.2) is 30.1 Å². The number of ether oxygens (including phenoxy) is 2.